The average Bonchev–Trinajstić information content (AvgIpc) is 2.59. The van der Waals surface area contributed by atoms with E-state index in [1.807, 2.05) is 0 Å². The van der Waals surface area contributed by atoms with Gasteiger partial charge in [0, 0.05) is 18.6 Å². The van der Waals surface area contributed by atoms with E-state index in [2.05, 4.69) is 24.6 Å². The molecule has 0 aliphatic heterocycles. The first kappa shape index (κ1) is 6.90. The van der Waals surface area contributed by atoms with E-state index in [4.69, 9.17) is 0 Å². The molecule has 0 N–H and O–H groups in total. The van der Waals surface area contributed by atoms with Crippen LogP contribution >= 0.6 is 0 Å². The van der Waals surface area contributed by atoms with Gasteiger partial charge in [-0.15, -0.1) is 0 Å². The van der Waals surface area contributed by atoms with Gasteiger partial charge in [-0.05, 0) is 0 Å². The summed E-state index contributed by atoms with van der Waals surface area (Å²) in [4.78, 5) is 11.9. The van der Waals surface area contributed by atoms with Gasteiger partial charge in [0.05, 0.1) is 12.1 Å². The Labute approximate surface area is 68.5 Å². The summed E-state index contributed by atoms with van der Waals surface area (Å²) in [6, 6.07) is 0. The molecule has 0 saturated heterocycles. The first-order chi connectivity index (χ1) is 5.95. The molecule has 0 amide bonds. The first-order valence-corrected chi connectivity index (χ1v) is 3.45. The Morgan fingerprint density at radius 3 is 2.92 bits per heavy atom. The second-order valence-electron chi connectivity index (χ2n) is 2.22. The third kappa shape index (κ3) is 1.45. The van der Waals surface area contributed by atoms with Crippen LogP contribution in [0.5, 0.6) is 0 Å². The van der Waals surface area contributed by atoms with Gasteiger partial charge in [-0.2, -0.15) is 4.98 Å². The van der Waals surface area contributed by atoms with Crippen LogP contribution in [-0.4, -0.2) is 20.1 Å². The van der Waals surface area contributed by atoms with Gasteiger partial charge < -0.3 is 4.52 Å². The van der Waals surface area contributed by atoms with Crippen molar-refractivity contribution in [3.63, 3.8) is 0 Å². The Hall–Kier alpha value is -1.78. The summed E-state index contributed by atoms with van der Waals surface area (Å²) in [6.45, 7) is 0. The standard InChI is InChI=1S/C7H6N4O/c1-2-9-6(4-8-1)3-7-10-5-12-11-7/h1-2,4-5H,3H2. The predicted molar refractivity (Wildman–Crippen MR) is 39.1 cm³/mol. The Balaban J connectivity index is 2.15. The van der Waals surface area contributed by atoms with Gasteiger partial charge in [-0.3, -0.25) is 9.97 Å². The number of hydrogen-bond donors (Lipinski definition) is 0. The van der Waals surface area contributed by atoms with E-state index in [1.54, 1.807) is 18.6 Å². The molecule has 2 aromatic heterocycles. The summed E-state index contributed by atoms with van der Waals surface area (Å²) in [5, 5.41) is 3.66. The molecule has 2 rings (SSSR count). The zero-order chi connectivity index (χ0) is 8.23. The summed E-state index contributed by atoms with van der Waals surface area (Å²) in [5.41, 5.74) is 0.832. The molecule has 12 heavy (non-hydrogen) atoms. The molecule has 0 unspecified atom stereocenters. The van der Waals surface area contributed by atoms with Crippen molar-refractivity contribution in [1.82, 2.24) is 20.1 Å². The van der Waals surface area contributed by atoms with Crippen molar-refractivity contribution >= 4 is 0 Å². The highest BCUT2D eigenvalue weighted by molar-refractivity contribution is 5.02. The zero-order valence-corrected chi connectivity index (χ0v) is 6.21. The van der Waals surface area contributed by atoms with Crippen LogP contribution in [0.4, 0.5) is 0 Å². The molecule has 0 saturated carbocycles. The van der Waals surface area contributed by atoms with Gasteiger partial charge in [0.1, 0.15) is 0 Å². The summed E-state index contributed by atoms with van der Waals surface area (Å²) in [6.07, 6.45) is 6.79. The maximum Gasteiger partial charge on any atom is 0.213 e. The third-order valence-corrected chi connectivity index (χ3v) is 1.36. The monoisotopic (exact) mass is 162 g/mol. The fourth-order valence-electron chi connectivity index (χ4n) is 0.854. The molecular formula is C7H6N4O. The summed E-state index contributed by atoms with van der Waals surface area (Å²) < 4.78 is 4.58. The van der Waals surface area contributed by atoms with Gasteiger partial charge >= 0.3 is 0 Å². The quantitative estimate of drug-likeness (QED) is 0.641. The minimum atomic E-state index is 0.560. The van der Waals surface area contributed by atoms with E-state index in [0.717, 1.165) is 5.69 Å². The van der Waals surface area contributed by atoms with Gasteiger partial charge in [0.25, 0.3) is 0 Å². The van der Waals surface area contributed by atoms with Crippen molar-refractivity contribution in [3.05, 3.63) is 36.5 Å². The fourth-order valence-corrected chi connectivity index (χ4v) is 0.854. The second kappa shape index (κ2) is 3.08. The normalized spacial score (nSPS) is 10.0. The van der Waals surface area contributed by atoms with Crippen molar-refractivity contribution in [2.75, 3.05) is 0 Å². The van der Waals surface area contributed by atoms with Crippen LogP contribution in [0.25, 0.3) is 0 Å². The molecule has 0 radical (unpaired) electrons. The van der Waals surface area contributed by atoms with Gasteiger partial charge in [-0.25, -0.2) is 0 Å². The highest BCUT2D eigenvalue weighted by atomic mass is 16.5. The summed E-state index contributed by atoms with van der Waals surface area (Å²) in [7, 11) is 0. The van der Waals surface area contributed by atoms with Gasteiger partial charge in [0.15, 0.2) is 5.82 Å². The molecule has 2 aromatic rings. The predicted octanol–water partition coefficient (Wildman–Crippen LogP) is 0.450. The van der Waals surface area contributed by atoms with E-state index in [1.165, 1.54) is 6.39 Å². The van der Waals surface area contributed by atoms with Crippen LogP contribution in [0.3, 0.4) is 0 Å². The number of rotatable bonds is 2. The fraction of sp³-hybridized carbons (Fsp3) is 0.143. The molecule has 0 fully saturated rings. The lowest BCUT2D eigenvalue weighted by Gasteiger charge is -1.91. The van der Waals surface area contributed by atoms with E-state index in [0.29, 0.717) is 12.2 Å². The molecule has 5 heteroatoms. The molecule has 0 spiro atoms. The lowest BCUT2D eigenvalue weighted by Crippen LogP contribution is -1.93. The molecule has 0 atom stereocenters. The zero-order valence-electron chi connectivity index (χ0n) is 6.21. The van der Waals surface area contributed by atoms with E-state index in [9.17, 15) is 0 Å². The summed E-state index contributed by atoms with van der Waals surface area (Å²) >= 11 is 0. The van der Waals surface area contributed by atoms with E-state index >= 15 is 0 Å². The second-order valence-corrected chi connectivity index (χ2v) is 2.22. The van der Waals surface area contributed by atoms with Gasteiger partial charge in [-0.1, -0.05) is 5.16 Å². The Morgan fingerprint density at radius 1 is 1.25 bits per heavy atom. The average molecular weight is 162 g/mol. The Bertz CT molecular complexity index is 332. The van der Waals surface area contributed by atoms with Crippen molar-refractivity contribution in [1.29, 1.82) is 0 Å². The van der Waals surface area contributed by atoms with Crippen LogP contribution in [-0.2, 0) is 6.42 Å². The van der Waals surface area contributed by atoms with E-state index < -0.39 is 0 Å². The van der Waals surface area contributed by atoms with Crippen molar-refractivity contribution in [3.8, 4) is 0 Å². The highest BCUT2D eigenvalue weighted by Gasteiger charge is 2.00. The van der Waals surface area contributed by atoms with Crippen molar-refractivity contribution in [2.24, 2.45) is 0 Å². The number of aromatic nitrogens is 4. The molecule has 0 aliphatic carbocycles. The molecule has 5 nitrogen and oxygen atoms in total. The smallest absolute Gasteiger partial charge is 0.213 e. The highest BCUT2D eigenvalue weighted by Crippen LogP contribution is 1.98. The minimum Gasteiger partial charge on any atom is -0.343 e. The van der Waals surface area contributed by atoms with Crippen LogP contribution < -0.4 is 0 Å². The Kier molecular flexibility index (Phi) is 1.77. The topological polar surface area (TPSA) is 64.7 Å². The van der Waals surface area contributed by atoms with Crippen LogP contribution in [0.15, 0.2) is 29.5 Å². The molecule has 0 aliphatic rings. The van der Waals surface area contributed by atoms with Crippen molar-refractivity contribution < 1.29 is 4.52 Å². The van der Waals surface area contributed by atoms with Crippen molar-refractivity contribution in [2.45, 2.75) is 6.42 Å². The molecule has 2 heterocycles. The lowest BCUT2D eigenvalue weighted by molar-refractivity contribution is 0.411. The molecule has 0 aromatic carbocycles. The largest absolute Gasteiger partial charge is 0.343 e. The molecule has 0 bridgehead atoms. The molecule has 60 valence electrons. The van der Waals surface area contributed by atoms with Crippen LogP contribution in [0, 0.1) is 0 Å². The molecular weight excluding hydrogens is 156 g/mol. The maximum absolute atomic E-state index is 4.58. The van der Waals surface area contributed by atoms with Crippen LogP contribution in [0.1, 0.15) is 11.5 Å². The van der Waals surface area contributed by atoms with E-state index in [-0.39, 0.29) is 0 Å². The van der Waals surface area contributed by atoms with Crippen LogP contribution in [0.2, 0.25) is 0 Å². The lowest BCUT2D eigenvalue weighted by atomic mass is 10.3. The van der Waals surface area contributed by atoms with Gasteiger partial charge in [0.2, 0.25) is 6.39 Å². The number of hydrogen-bond acceptors (Lipinski definition) is 5. The maximum atomic E-state index is 4.58. The minimum absolute atomic E-state index is 0.560. The third-order valence-electron chi connectivity index (χ3n) is 1.36. The first-order valence-electron chi connectivity index (χ1n) is 3.45. The number of nitrogens with zero attached hydrogens (tertiary/aromatic N) is 4. The Morgan fingerprint density at radius 2 is 2.25 bits per heavy atom. The summed E-state index contributed by atoms with van der Waals surface area (Å²) in [5.74, 6) is 0.621. The SMILES string of the molecule is c1cnc(Cc2ncon2)cn1.